The van der Waals surface area contributed by atoms with Crippen LogP contribution in [0.5, 0.6) is 0 Å². The Balaban J connectivity index is 1.91. The first-order valence-electron chi connectivity index (χ1n) is 7.16. The quantitative estimate of drug-likeness (QED) is 0.837. The first kappa shape index (κ1) is 14.8. The first-order chi connectivity index (χ1) is 9.65. The highest BCUT2D eigenvalue weighted by atomic mass is 16.3. The molecular formula is C17H24N2O. The van der Waals surface area contributed by atoms with E-state index in [-0.39, 0.29) is 0 Å². The van der Waals surface area contributed by atoms with Crippen molar-refractivity contribution in [2.45, 2.75) is 39.5 Å². The molecule has 3 heteroatoms. The van der Waals surface area contributed by atoms with Gasteiger partial charge in [0.25, 0.3) is 0 Å². The number of hydrogen-bond donors (Lipinski definition) is 1. The van der Waals surface area contributed by atoms with Gasteiger partial charge in [-0.1, -0.05) is 44.2 Å². The minimum absolute atomic E-state index is 0.468. The molecule has 2 aromatic rings. The van der Waals surface area contributed by atoms with Gasteiger partial charge in [0.15, 0.2) is 0 Å². The van der Waals surface area contributed by atoms with E-state index in [0.717, 1.165) is 25.4 Å². The standard InChI is InChI=1S/C17H24N2O/c1-14(2)18-11-17-16(9-10-20-17)13-19(3)12-15-7-5-4-6-8-15/h4-10,14,18H,11-13H2,1-3H3. The molecule has 0 saturated carbocycles. The summed E-state index contributed by atoms with van der Waals surface area (Å²) in [7, 11) is 2.14. The highest BCUT2D eigenvalue weighted by Gasteiger charge is 2.09. The molecule has 0 atom stereocenters. The van der Waals surface area contributed by atoms with Gasteiger partial charge in [-0.2, -0.15) is 0 Å². The number of hydrogen-bond acceptors (Lipinski definition) is 3. The average molecular weight is 272 g/mol. The smallest absolute Gasteiger partial charge is 0.122 e. The van der Waals surface area contributed by atoms with Crippen LogP contribution >= 0.6 is 0 Å². The lowest BCUT2D eigenvalue weighted by Gasteiger charge is -2.17. The summed E-state index contributed by atoms with van der Waals surface area (Å²) in [6.07, 6.45) is 1.78. The lowest BCUT2D eigenvalue weighted by atomic mass is 10.2. The molecule has 0 radical (unpaired) electrons. The molecule has 0 saturated heterocycles. The second-order valence-corrected chi connectivity index (χ2v) is 5.56. The van der Waals surface area contributed by atoms with E-state index in [1.807, 2.05) is 0 Å². The highest BCUT2D eigenvalue weighted by molar-refractivity contribution is 5.18. The minimum atomic E-state index is 0.468. The van der Waals surface area contributed by atoms with E-state index in [2.05, 4.69) is 67.5 Å². The fraction of sp³-hybridized carbons (Fsp3) is 0.412. The van der Waals surface area contributed by atoms with E-state index < -0.39 is 0 Å². The summed E-state index contributed by atoms with van der Waals surface area (Å²) >= 11 is 0. The average Bonchev–Trinajstić information content (AvgIpc) is 2.84. The van der Waals surface area contributed by atoms with E-state index >= 15 is 0 Å². The van der Waals surface area contributed by atoms with Crippen LogP contribution in [0.4, 0.5) is 0 Å². The largest absolute Gasteiger partial charge is 0.468 e. The molecule has 1 aromatic carbocycles. The predicted octanol–water partition coefficient (Wildman–Crippen LogP) is 3.41. The third kappa shape index (κ3) is 4.51. The van der Waals surface area contributed by atoms with Crippen molar-refractivity contribution < 1.29 is 4.42 Å². The van der Waals surface area contributed by atoms with Crippen LogP contribution in [-0.4, -0.2) is 18.0 Å². The fourth-order valence-corrected chi connectivity index (χ4v) is 2.20. The number of benzene rings is 1. The SMILES string of the molecule is CC(C)NCc1occc1CN(C)Cc1ccccc1. The van der Waals surface area contributed by atoms with Gasteiger partial charge in [0.05, 0.1) is 12.8 Å². The van der Waals surface area contributed by atoms with Crippen LogP contribution in [0, 0.1) is 0 Å². The molecule has 0 amide bonds. The maximum absolute atomic E-state index is 5.58. The Hall–Kier alpha value is -1.58. The van der Waals surface area contributed by atoms with Crippen molar-refractivity contribution in [3.8, 4) is 0 Å². The van der Waals surface area contributed by atoms with E-state index in [4.69, 9.17) is 4.42 Å². The van der Waals surface area contributed by atoms with Crippen molar-refractivity contribution in [2.24, 2.45) is 0 Å². The van der Waals surface area contributed by atoms with Gasteiger partial charge in [-0.3, -0.25) is 4.90 Å². The lowest BCUT2D eigenvalue weighted by molar-refractivity contribution is 0.314. The van der Waals surface area contributed by atoms with Crippen LogP contribution in [-0.2, 0) is 19.6 Å². The lowest BCUT2D eigenvalue weighted by Crippen LogP contribution is -2.23. The zero-order valence-electron chi connectivity index (χ0n) is 12.6. The van der Waals surface area contributed by atoms with Crippen LogP contribution in [0.3, 0.4) is 0 Å². The van der Waals surface area contributed by atoms with Crippen molar-refractivity contribution in [1.29, 1.82) is 0 Å². The zero-order chi connectivity index (χ0) is 14.4. The molecule has 0 aliphatic rings. The molecule has 0 aliphatic carbocycles. The fourth-order valence-electron chi connectivity index (χ4n) is 2.20. The second-order valence-electron chi connectivity index (χ2n) is 5.56. The molecule has 0 spiro atoms. The monoisotopic (exact) mass is 272 g/mol. The Kier molecular flexibility index (Phi) is 5.39. The van der Waals surface area contributed by atoms with Crippen molar-refractivity contribution in [3.05, 3.63) is 59.5 Å². The summed E-state index contributed by atoms with van der Waals surface area (Å²) in [4.78, 5) is 2.30. The van der Waals surface area contributed by atoms with Crippen LogP contribution in [0.1, 0.15) is 30.7 Å². The van der Waals surface area contributed by atoms with Gasteiger partial charge in [0.1, 0.15) is 5.76 Å². The summed E-state index contributed by atoms with van der Waals surface area (Å²) in [5, 5.41) is 3.40. The maximum atomic E-state index is 5.58. The molecule has 0 fully saturated rings. The van der Waals surface area contributed by atoms with Crippen LogP contribution in [0.15, 0.2) is 47.1 Å². The molecule has 20 heavy (non-hydrogen) atoms. The molecular weight excluding hydrogens is 248 g/mol. The Bertz CT molecular complexity index is 505. The van der Waals surface area contributed by atoms with Crippen LogP contribution in [0.25, 0.3) is 0 Å². The van der Waals surface area contributed by atoms with E-state index in [1.54, 1.807) is 6.26 Å². The van der Waals surface area contributed by atoms with Crippen molar-refractivity contribution >= 4 is 0 Å². The first-order valence-corrected chi connectivity index (χ1v) is 7.16. The van der Waals surface area contributed by atoms with Gasteiger partial charge < -0.3 is 9.73 Å². The van der Waals surface area contributed by atoms with Crippen LogP contribution < -0.4 is 5.32 Å². The van der Waals surface area contributed by atoms with Gasteiger partial charge in [-0.25, -0.2) is 0 Å². The van der Waals surface area contributed by atoms with Crippen molar-refractivity contribution in [2.75, 3.05) is 7.05 Å². The molecule has 3 nitrogen and oxygen atoms in total. The molecule has 0 bridgehead atoms. The molecule has 1 N–H and O–H groups in total. The van der Waals surface area contributed by atoms with Crippen LogP contribution in [0.2, 0.25) is 0 Å². The molecule has 2 rings (SSSR count). The summed E-state index contributed by atoms with van der Waals surface area (Å²) in [6, 6.07) is 13.1. The summed E-state index contributed by atoms with van der Waals surface area (Å²) in [6.45, 7) is 6.93. The number of nitrogens with zero attached hydrogens (tertiary/aromatic N) is 1. The number of furan rings is 1. The van der Waals surface area contributed by atoms with Gasteiger partial charge in [-0.15, -0.1) is 0 Å². The number of rotatable bonds is 7. The van der Waals surface area contributed by atoms with Gasteiger partial charge in [0.2, 0.25) is 0 Å². The Morgan fingerprint density at radius 2 is 1.85 bits per heavy atom. The number of nitrogens with one attached hydrogen (secondary N) is 1. The minimum Gasteiger partial charge on any atom is -0.468 e. The second kappa shape index (κ2) is 7.27. The maximum Gasteiger partial charge on any atom is 0.122 e. The molecule has 1 aromatic heterocycles. The summed E-state index contributed by atoms with van der Waals surface area (Å²) in [5.74, 6) is 1.04. The molecule has 1 heterocycles. The van der Waals surface area contributed by atoms with Crippen molar-refractivity contribution in [1.82, 2.24) is 10.2 Å². The van der Waals surface area contributed by atoms with Crippen molar-refractivity contribution in [3.63, 3.8) is 0 Å². The Labute approximate surface area is 121 Å². The highest BCUT2D eigenvalue weighted by Crippen LogP contribution is 2.14. The summed E-state index contributed by atoms with van der Waals surface area (Å²) < 4.78 is 5.58. The van der Waals surface area contributed by atoms with E-state index in [1.165, 1.54) is 11.1 Å². The Morgan fingerprint density at radius 3 is 2.55 bits per heavy atom. The topological polar surface area (TPSA) is 28.4 Å². The Morgan fingerprint density at radius 1 is 1.10 bits per heavy atom. The molecule has 0 aliphatic heterocycles. The van der Waals surface area contributed by atoms with Gasteiger partial charge in [0, 0.05) is 24.7 Å². The third-order valence-corrected chi connectivity index (χ3v) is 3.24. The molecule has 108 valence electrons. The predicted molar refractivity (Wildman–Crippen MR) is 82.3 cm³/mol. The third-order valence-electron chi connectivity index (χ3n) is 3.24. The van der Waals surface area contributed by atoms with Gasteiger partial charge >= 0.3 is 0 Å². The zero-order valence-corrected chi connectivity index (χ0v) is 12.6. The summed E-state index contributed by atoms with van der Waals surface area (Å²) in [5.41, 5.74) is 2.59. The van der Waals surface area contributed by atoms with E-state index in [9.17, 15) is 0 Å². The normalized spacial score (nSPS) is 11.4. The van der Waals surface area contributed by atoms with E-state index in [0.29, 0.717) is 6.04 Å². The molecule has 0 unspecified atom stereocenters. The van der Waals surface area contributed by atoms with Gasteiger partial charge in [-0.05, 0) is 18.7 Å².